The Morgan fingerprint density at radius 3 is 2.61 bits per heavy atom. The van der Waals surface area contributed by atoms with Crippen LogP contribution in [0.15, 0.2) is 36.4 Å². The Bertz CT molecular complexity index is 661. The fraction of sp³-hybridized carbons (Fsp3) is 0.333. The van der Waals surface area contributed by atoms with E-state index in [0.717, 1.165) is 16.7 Å². The zero-order chi connectivity index (χ0) is 16.8. The van der Waals surface area contributed by atoms with E-state index in [2.05, 4.69) is 5.32 Å². The van der Waals surface area contributed by atoms with Gasteiger partial charge < -0.3 is 19.9 Å². The van der Waals surface area contributed by atoms with Gasteiger partial charge in [-0.3, -0.25) is 0 Å². The maximum atomic E-state index is 10.2. The van der Waals surface area contributed by atoms with E-state index in [1.165, 1.54) is 0 Å². The molecule has 0 saturated carbocycles. The molecule has 2 N–H and O–H groups in total. The molecule has 1 unspecified atom stereocenters. The van der Waals surface area contributed by atoms with Crippen LogP contribution in [-0.2, 0) is 6.54 Å². The molecular weight excluding hydrogens is 314 g/mol. The van der Waals surface area contributed by atoms with Crippen LogP contribution in [0.3, 0.4) is 0 Å². The molecule has 4 nitrogen and oxygen atoms in total. The number of nitrogens with one attached hydrogen (secondary N) is 1. The van der Waals surface area contributed by atoms with E-state index in [1.807, 2.05) is 43.3 Å². The van der Waals surface area contributed by atoms with E-state index in [0.29, 0.717) is 29.6 Å². The number of halogens is 1. The standard InChI is InChI=1S/C18H22ClNO3/c1-12-5-4-6-14(7-12)16(21)11-20-10-13-8-15(19)18(23-3)17(9-13)22-2/h4-9,16,20-21H,10-11H2,1-3H3. The van der Waals surface area contributed by atoms with Crippen molar-refractivity contribution in [1.82, 2.24) is 5.32 Å². The van der Waals surface area contributed by atoms with Crippen LogP contribution in [0, 0.1) is 6.92 Å². The molecule has 0 aliphatic heterocycles. The van der Waals surface area contributed by atoms with Crippen LogP contribution in [0.1, 0.15) is 22.8 Å². The summed E-state index contributed by atoms with van der Waals surface area (Å²) in [7, 11) is 3.13. The van der Waals surface area contributed by atoms with Gasteiger partial charge in [-0.1, -0.05) is 41.4 Å². The van der Waals surface area contributed by atoms with Gasteiger partial charge in [-0.25, -0.2) is 0 Å². The predicted molar refractivity (Wildman–Crippen MR) is 92.4 cm³/mol. The normalized spacial score (nSPS) is 12.0. The van der Waals surface area contributed by atoms with Crippen LogP contribution in [0.2, 0.25) is 5.02 Å². The Hall–Kier alpha value is -1.75. The van der Waals surface area contributed by atoms with E-state index in [9.17, 15) is 5.11 Å². The molecule has 0 amide bonds. The topological polar surface area (TPSA) is 50.7 Å². The van der Waals surface area contributed by atoms with Gasteiger partial charge in [0.05, 0.1) is 25.3 Å². The molecule has 0 bridgehead atoms. The fourth-order valence-electron chi connectivity index (χ4n) is 2.42. The summed E-state index contributed by atoms with van der Waals surface area (Å²) < 4.78 is 10.5. The summed E-state index contributed by atoms with van der Waals surface area (Å²) in [6.07, 6.45) is -0.550. The van der Waals surface area contributed by atoms with E-state index in [-0.39, 0.29) is 0 Å². The zero-order valence-corrected chi connectivity index (χ0v) is 14.4. The van der Waals surface area contributed by atoms with Crippen LogP contribution >= 0.6 is 11.6 Å². The van der Waals surface area contributed by atoms with E-state index in [1.54, 1.807) is 14.2 Å². The van der Waals surface area contributed by atoms with Crippen LogP contribution < -0.4 is 14.8 Å². The van der Waals surface area contributed by atoms with Gasteiger partial charge in [0, 0.05) is 13.1 Å². The maximum absolute atomic E-state index is 10.2. The Morgan fingerprint density at radius 2 is 1.96 bits per heavy atom. The molecule has 23 heavy (non-hydrogen) atoms. The lowest BCUT2D eigenvalue weighted by molar-refractivity contribution is 0.174. The van der Waals surface area contributed by atoms with Crippen LogP contribution in [0.5, 0.6) is 11.5 Å². The molecule has 2 aromatic carbocycles. The molecule has 0 aliphatic rings. The highest BCUT2D eigenvalue weighted by Gasteiger charge is 2.11. The third-order valence-electron chi connectivity index (χ3n) is 3.59. The second kappa shape index (κ2) is 8.20. The molecule has 0 heterocycles. The minimum atomic E-state index is -0.550. The van der Waals surface area contributed by atoms with Gasteiger partial charge in [-0.2, -0.15) is 0 Å². The highest BCUT2D eigenvalue weighted by molar-refractivity contribution is 6.32. The highest BCUT2D eigenvalue weighted by Crippen LogP contribution is 2.35. The average Bonchev–Trinajstić information content (AvgIpc) is 2.54. The first-order chi connectivity index (χ1) is 11.0. The third-order valence-corrected chi connectivity index (χ3v) is 3.87. The number of methoxy groups -OCH3 is 2. The number of aliphatic hydroxyl groups is 1. The molecule has 0 saturated heterocycles. The minimum Gasteiger partial charge on any atom is -0.493 e. The largest absolute Gasteiger partial charge is 0.493 e. The molecule has 0 fully saturated rings. The third kappa shape index (κ3) is 4.61. The number of ether oxygens (including phenoxy) is 2. The number of hydrogen-bond acceptors (Lipinski definition) is 4. The first-order valence-corrected chi connectivity index (χ1v) is 7.78. The zero-order valence-electron chi connectivity index (χ0n) is 13.6. The van der Waals surface area contributed by atoms with Crippen LogP contribution in [0.25, 0.3) is 0 Å². The number of rotatable bonds is 7. The quantitative estimate of drug-likeness (QED) is 0.813. The smallest absolute Gasteiger partial charge is 0.179 e. The van der Waals surface area contributed by atoms with Gasteiger partial charge in [0.2, 0.25) is 0 Å². The Labute approximate surface area is 142 Å². The monoisotopic (exact) mass is 335 g/mol. The van der Waals surface area contributed by atoms with Crippen molar-refractivity contribution in [2.45, 2.75) is 19.6 Å². The molecule has 5 heteroatoms. The Kier molecular flexibility index (Phi) is 6.28. The van der Waals surface area contributed by atoms with Crippen molar-refractivity contribution in [3.8, 4) is 11.5 Å². The molecule has 124 valence electrons. The second-order valence-corrected chi connectivity index (χ2v) is 5.78. The molecule has 2 aromatic rings. The van der Waals surface area contributed by atoms with E-state index < -0.39 is 6.10 Å². The summed E-state index contributed by atoms with van der Waals surface area (Å²) in [6.45, 7) is 3.04. The first-order valence-electron chi connectivity index (χ1n) is 7.41. The molecule has 2 rings (SSSR count). The van der Waals surface area contributed by atoms with Crippen LogP contribution in [-0.4, -0.2) is 25.9 Å². The van der Waals surface area contributed by atoms with Gasteiger partial charge in [0.1, 0.15) is 0 Å². The SMILES string of the molecule is COc1cc(CNCC(O)c2cccc(C)c2)cc(Cl)c1OC. The van der Waals surface area contributed by atoms with Crippen molar-refractivity contribution in [1.29, 1.82) is 0 Å². The minimum absolute atomic E-state index is 0.454. The summed E-state index contributed by atoms with van der Waals surface area (Å²) in [5, 5.41) is 14.0. The second-order valence-electron chi connectivity index (χ2n) is 5.37. The lowest BCUT2D eigenvalue weighted by Gasteiger charge is -2.15. The van der Waals surface area contributed by atoms with E-state index >= 15 is 0 Å². The molecular formula is C18H22ClNO3. The van der Waals surface area contributed by atoms with Crippen molar-refractivity contribution in [2.75, 3.05) is 20.8 Å². The summed E-state index contributed by atoms with van der Waals surface area (Å²) in [5.74, 6) is 1.12. The van der Waals surface area contributed by atoms with Crippen LogP contribution in [0.4, 0.5) is 0 Å². The summed E-state index contributed by atoms with van der Waals surface area (Å²) in [4.78, 5) is 0. The van der Waals surface area contributed by atoms with Gasteiger partial charge >= 0.3 is 0 Å². The van der Waals surface area contributed by atoms with Gasteiger partial charge in [-0.05, 0) is 30.2 Å². The molecule has 1 atom stereocenters. The van der Waals surface area contributed by atoms with Crippen molar-refractivity contribution >= 4 is 11.6 Å². The number of aryl methyl sites for hydroxylation is 1. The molecule has 0 aromatic heterocycles. The molecule has 0 aliphatic carbocycles. The highest BCUT2D eigenvalue weighted by atomic mass is 35.5. The number of hydrogen-bond donors (Lipinski definition) is 2. The van der Waals surface area contributed by atoms with Crippen molar-refractivity contribution in [2.24, 2.45) is 0 Å². The first kappa shape index (κ1) is 17.6. The van der Waals surface area contributed by atoms with Gasteiger partial charge in [0.25, 0.3) is 0 Å². The Balaban J connectivity index is 1.97. The van der Waals surface area contributed by atoms with Crippen molar-refractivity contribution in [3.05, 3.63) is 58.1 Å². The van der Waals surface area contributed by atoms with Crippen molar-refractivity contribution in [3.63, 3.8) is 0 Å². The number of benzene rings is 2. The lowest BCUT2D eigenvalue weighted by Crippen LogP contribution is -2.21. The Morgan fingerprint density at radius 1 is 1.17 bits per heavy atom. The number of aliphatic hydroxyl groups excluding tert-OH is 1. The van der Waals surface area contributed by atoms with Gasteiger partial charge in [-0.15, -0.1) is 0 Å². The summed E-state index contributed by atoms with van der Waals surface area (Å²) in [5.41, 5.74) is 3.00. The predicted octanol–water partition coefficient (Wildman–Crippen LogP) is 3.49. The van der Waals surface area contributed by atoms with Gasteiger partial charge in [0.15, 0.2) is 11.5 Å². The van der Waals surface area contributed by atoms with E-state index in [4.69, 9.17) is 21.1 Å². The maximum Gasteiger partial charge on any atom is 0.179 e. The molecule has 0 radical (unpaired) electrons. The van der Waals surface area contributed by atoms with Crippen molar-refractivity contribution < 1.29 is 14.6 Å². The lowest BCUT2D eigenvalue weighted by atomic mass is 10.1. The average molecular weight is 336 g/mol. The fourth-order valence-corrected chi connectivity index (χ4v) is 2.73. The summed E-state index contributed by atoms with van der Waals surface area (Å²) >= 11 is 6.19. The molecule has 0 spiro atoms. The summed E-state index contributed by atoms with van der Waals surface area (Å²) in [6, 6.07) is 11.6.